The van der Waals surface area contributed by atoms with Gasteiger partial charge in [0.1, 0.15) is 5.82 Å². The summed E-state index contributed by atoms with van der Waals surface area (Å²) in [7, 11) is 0. The van der Waals surface area contributed by atoms with Gasteiger partial charge in [0.15, 0.2) is 0 Å². The van der Waals surface area contributed by atoms with Crippen molar-refractivity contribution in [1.29, 1.82) is 5.26 Å². The van der Waals surface area contributed by atoms with Crippen LogP contribution in [0, 0.1) is 11.3 Å². The Morgan fingerprint density at radius 3 is 2.64 bits per heavy atom. The van der Waals surface area contributed by atoms with Crippen LogP contribution in [0.5, 0.6) is 0 Å². The average Bonchev–Trinajstić information content (AvgIpc) is 2.56. The Bertz CT molecular complexity index is 462. The molecule has 1 heterocycles. The highest BCUT2D eigenvalue weighted by Crippen LogP contribution is 2.33. The van der Waals surface area contributed by atoms with Gasteiger partial charge in [0.05, 0.1) is 11.6 Å². The van der Waals surface area contributed by atoms with E-state index in [1.165, 1.54) is 0 Å². The Kier molecular flexibility index (Phi) is 1.72. The quantitative estimate of drug-likeness (QED) is 0.644. The zero-order valence-corrected chi connectivity index (χ0v) is 7.36. The average molecular weight is 184 g/mol. The third-order valence-corrected chi connectivity index (χ3v) is 2.07. The largest absolute Gasteiger partial charge is 0.398 e. The zero-order valence-electron chi connectivity index (χ0n) is 7.36. The van der Waals surface area contributed by atoms with Crippen LogP contribution in [0.1, 0.15) is 5.56 Å². The van der Waals surface area contributed by atoms with Crippen molar-refractivity contribution in [3.63, 3.8) is 0 Å². The maximum absolute atomic E-state index is 8.73. The monoisotopic (exact) mass is 184 g/mol. The van der Waals surface area contributed by atoms with Crippen molar-refractivity contribution in [3.8, 4) is 17.2 Å². The van der Waals surface area contributed by atoms with E-state index in [-0.39, 0.29) is 0 Å². The van der Waals surface area contributed by atoms with Crippen molar-refractivity contribution in [2.24, 2.45) is 0 Å². The summed E-state index contributed by atoms with van der Waals surface area (Å²) < 4.78 is 0. The molecule has 0 aromatic carbocycles. The molecule has 14 heavy (non-hydrogen) atoms. The Balaban J connectivity index is 2.83. The molecule has 0 unspecified atom stereocenters. The molecule has 4 N–H and O–H groups in total. The van der Waals surface area contributed by atoms with Crippen LogP contribution >= 0.6 is 0 Å². The minimum absolute atomic E-state index is 0.387. The number of nitrogens with two attached hydrogens (primary N) is 2. The highest BCUT2D eigenvalue weighted by molar-refractivity contribution is 5.86. The van der Waals surface area contributed by atoms with Gasteiger partial charge in [-0.2, -0.15) is 5.26 Å². The van der Waals surface area contributed by atoms with Crippen molar-refractivity contribution < 1.29 is 0 Å². The van der Waals surface area contributed by atoms with E-state index in [0.717, 1.165) is 11.1 Å². The lowest BCUT2D eigenvalue weighted by Crippen LogP contribution is -1.89. The number of nitrogen functional groups attached to an aromatic ring is 2. The first-order valence-corrected chi connectivity index (χ1v) is 4.06. The van der Waals surface area contributed by atoms with E-state index in [1.807, 2.05) is 6.07 Å². The predicted octanol–water partition coefficient (Wildman–Crippen LogP) is 1.22. The van der Waals surface area contributed by atoms with Gasteiger partial charge < -0.3 is 11.5 Å². The second-order valence-electron chi connectivity index (χ2n) is 2.97. The topological polar surface area (TPSA) is 88.7 Å². The molecular weight excluding hydrogens is 176 g/mol. The molecule has 1 aliphatic carbocycles. The fraction of sp³-hybridized carbons (Fsp3) is 0. The fourth-order valence-electron chi connectivity index (χ4n) is 1.38. The summed E-state index contributed by atoms with van der Waals surface area (Å²) in [5, 5.41) is 8.73. The highest BCUT2D eigenvalue weighted by atomic mass is 14.8. The first-order chi connectivity index (χ1) is 6.72. The third-order valence-electron chi connectivity index (χ3n) is 2.07. The smallest absolute Gasteiger partial charge is 0.131 e. The highest BCUT2D eigenvalue weighted by Gasteiger charge is 2.11. The number of anilines is 2. The van der Waals surface area contributed by atoms with Crippen LogP contribution < -0.4 is 11.5 Å². The van der Waals surface area contributed by atoms with Crippen LogP contribution in [0.25, 0.3) is 11.1 Å². The van der Waals surface area contributed by atoms with Crippen molar-refractivity contribution >= 4 is 11.5 Å². The molecule has 0 spiro atoms. The lowest BCUT2D eigenvalue weighted by Gasteiger charge is -1.96. The number of fused-ring (bicyclic) bond motifs is 1. The molecular formula is C10H8N4. The molecule has 2 aliphatic rings. The van der Waals surface area contributed by atoms with E-state index in [1.54, 1.807) is 24.4 Å². The third kappa shape index (κ3) is 1.12. The maximum atomic E-state index is 8.73. The van der Waals surface area contributed by atoms with Gasteiger partial charge in [-0.05, 0) is 18.2 Å². The summed E-state index contributed by atoms with van der Waals surface area (Å²) in [5.74, 6) is 0.387. The van der Waals surface area contributed by atoms with E-state index < -0.39 is 0 Å². The number of hydrogen-bond donors (Lipinski definition) is 2. The van der Waals surface area contributed by atoms with Crippen molar-refractivity contribution in [2.75, 3.05) is 11.5 Å². The molecule has 0 amide bonds. The normalized spacial score (nSPS) is 9.93. The van der Waals surface area contributed by atoms with E-state index in [4.69, 9.17) is 16.7 Å². The van der Waals surface area contributed by atoms with Crippen LogP contribution in [0.4, 0.5) is 11.5 Å². The van der Waals surface area contributed by atoms with Crippen molar-refractivity contribution in [3.05, 3.63) is 30.0 Å². The summed E-state index contributed by atoms with van der Waals surface area (Å²) in [5.41, 5.74) is 14.1. The summed E-state index contributed by atoms with van der Waals surface area (Å²) in [6, 6.07) is 7.11. The number of hydrogen-bond acceptors (Lipinski definition) is 4. The van der Waals surface area contributed by atoms with Crippen LogP contribution in [0.3, 0.4) is 0 Å². The molecule has 68 valence electrons. The summed E-state index contributed by atoms with van der Waals surface area (Å²) in [6.45, 7) is 0. The fourth-order valence-corrected chi connectivity index (χ4v) is 1.38. The second-order valence-corrected chi connectivity index (χ2v) is 2.97. The van der Waals surface area contributed by atoms with E-state index >= 15 is 0 Å². The van der Waals surface area contributed by atoms with E-state index in [9.17, 15) is 0 Å². The summed E-state index contributed by atoms with van der Waals surface area (Å²) >= 11 is 0. The molecule has 2 rings (SSSR count). The van der Waals surface area contributed by atoms with Gasteiger partial charge in [0, 0.05) is 23.0 Å². The first-order valence-electron chi connectivity index (χ1n) is 4.06. The van der Waals surface area contributed by atoms with Gasteiger partial charge in [-0.1, -0.05) is 0 Å². The lowest BCUT2D eigenvalue weighted by atomic mass is 10.1. The van der Waals surface area contributed by atoms with Gasteiger partial charge in [-0.25, -0.2) is 4.98 Å². The standard InChI is InChI=1S/C10H8N4/c11-5-6-3-7-8(4-6)10(13)14-2-1-9(7)12/h1-4H,12H2,(H2,13,14). The SMILES string of the molecule is N#Cc1cc2c(N)ccnc(N)c-2c1. The molecule has 0 atom stereocenters. The van der Waals surface area contributed by atoms with Crippen LogP contribution in [-0.4, -0.2) is 4.98 Å². The molecule has 0 fully saturated rings. The van der Waals surface area contributed by atoms with Crippen molar-refractivity contribution in [2.45, 2.75) is 0 Å². The molecule has 4 heteroatoms. The Morgan fingerprint density at radius 1 is 1.21 bits per heavy atom. The van der Waals surface area contributed by atoms with Gasteiger partial charge >= 0.3 is 0 Å². The molecule has 0 radical (unpaired) electrons. The molecule has 1 aliphatic heterocycles. The first kappa shape index (κ1) is 8.32. The minimum Gasteiger partial charge on any atom is -0.398 e. The molecule has 0 bridgehead atoms. The molecule has 0 saturated heterocycles. The Labute approximate surface area is 81.1 Å². The van der Waals surface area contributed by atoms with Crippen LogP contribution in [-0.2, 0) is 0 Å². The molecule has 0 aromatic rings. The summed E-state index contributed by atoms with van der Waals surface area (Å²) in [4.78, 5) is 3.97. The van der Waals surface area contributed by atoms with Gasteiger partial charge in [0.25, 0.3) is 0 Å². The summed E-state index contributed by atoms with van der Waals surface area (Å²) in [6.07, 6.45) is 1.55. The number of rotatable bonds is 0. The van der Waals surface area contributed by atoms with E-state index in [0.29, 0.717) is 17.1 Å². The zero-order chi connectivity index (χ0) is 10.1. The Hall–Kier alpha value is -2.28. The van der Waals surface area contributed by atoms with Crippen LogP contribution in [0.15, 0.2) is 24.4 Å². The lowest BCUT2D eigenvalue weighted by molar-refractivity contribution is 1.38. The van der Waals surface area contributed by atoms with Crippen LogP contribution in [0.2, 0.25) is 0 Å². The predicted molar refractivity (Wildman–Crippen MR) is 54.4 cm³/mol. The molecule has 0 aromatic heterocycles. The second kappa shape index (κ2) is 2.89. The molecule has 0 saturated carbocycles. The minimum atomic E-state index is 0.387. The van der Waals surface area contributed by atoms with E-state index in [2.05, 4.69) is 4.98 Å². The van der Waals surface area contributed by atoms with Gasteiger partial charge in [-0.3, -0.25) is 0 Å². The number of aromatic nitrogens is 1. The number of nitrogens with zero attached hydrogens (tertiary/aromatic N) is 2. The maximum Gasteiger partial charge on any atom is 0.131 e. The Morgan fingerprint density at radius 2 is 1.93 bits per heavy atom. The molecule has 4 nitrogen and oxygen atoms in total. The van der Waals surface area contributed by atoms with Crippen molar-refractivity contribution in [1.82, 2.24) is 4.98 Å². The van der Waals surface area contributed by atoms with Gasteiger partial charge in [-0.15, -0.1) is 0 Å². The van der Waals surface area contributed by atoms with Gasteiger partial charge in [0.2, 0.25) is 0 Å². The number of nitriles is 1.